The number of anilines is 3. The Morgan fingerprint density at radius 2 is 1.85 bits per heavy atom. The van der Waals surface area contributed by atoms with Crippen LogP contribution in [-0.4, -0.2) is 29.7 Å². The van der Waals surface area contributed by atoms with Gasteiger partial charge in [-0.05, 0) is 75.7 Å². The van der Waals surface area contributed by atoms with Crippen LogP contribution >= 0.6 is 35.4 Å². The summed E-state index contributed by atoms with van der Waals surface area (Å²) in [6, 6.07) is 8.57. The van der Waals surface area contributed by atoms with Crippen LogP contribution in [0.1, 0.15) is 32.8 Å². The van der Waals surface area contributed by atoms with Gasteiger partial charge in [-0.1, -0.05) is 23.2 Å². The first kappa shape index (κ1) is 25.1. The lowest BCUT2D eigenvalue weighted by atomic mass is 9.99. The third-order valence-corrected chi connectivity index (χ3v) is 5.57. The number of benzene rings is 2. The number of rotatable bonds is 4. The fraction of sp³-hybridized carbons (Fsp3) is 0.348. The minimum atomic E-state index is -0.895. The van der Waals surface area contributed by atoms with E-state index in [1.165, 1.54) is 7.11 Å². The Hall–Kier alpha value is -2.55. The van der Waals surface area contributed by atoms with Crippen molar-refractivity contribution in [3.05, 3.63) is 45.9 Å². The first-order valence-electron chi connectivity index (χ1n) is 10.2. The van der Waals surface area contributed by atoms with Gasteiger partial charge < -0.3 is 25.4 Å². The quantitative estimate of drug-likeness (QED) is 0.278. The number of methoxy groups -OCH3 is 1. The molecule has 1 atom stereocenters. The molecule has 0 saturated carbocycles. The minimum absolute atomic E-state index is 0.293. The predicted molar refractivity (Wildman–Crippen MR) is 136 cm³/mol. The average Bonchev–Trinajstić information content (AvgIpc) is 2.86. The standard InChI is InChI=1S/C23H25Cl2N3O4S/c1-23(2,3)32-21(30)14-7-5-12-9-18(19(31-4)11-17(12)26-20(14)29)28-22(33)27-16-8-6-13(24)10-15(16)25/h6,8-11,14H,5,7H2,1-4H3,(H,26,29)(H2,27,28,33). The first-order valence-corrected chi connectivity index (χ1v) is 11.4. The lowest BCUT2D eigenvalue weighted by Gasteiger charge is -2.22. The third kappa shape index (κ3) is 6.50. The molecule has 0 radical (unpaired) electrons. The molecule has 3 N–H and O–H groups in total. The molecule has 1 heterocycles. The summed E-state index contributed by atoms with van der Waals surface area (Å²) >= 11 is 17.6. The fourth-order valence-electron chi connectivity index (χ4n) is 3.33. The van der Waals surface area contributed by atoms with E-state index in [1.807, 2.05) is 6.07 Å². The molecule has 0 aliphatic carbocycles. The molecule has 0 fully saturated rings. The van der Waals surface area contributed by atoms with E-state index in [0.717, 1.165) is 5.56 Å². The number of hydrogen-bond acceptors (Lipinski definition) is 5. The number of carbonyl (C=O) groups excluding carboxylic acids is 2. The van der Waals surface area contributed by atoms with Crippen molar-refractivity contribution in [3.8, 4) is 5.75 Å². The summed E-state index contributed by atoms with van der Waals surface area (Å²) in [4.78, 5) is 25.2. The number of nitrogens with one attached hydrogen (secondary N) is 3. The van der Waals surface area contributed by atoms with Crippen LogP contribution in [0.25, 0.3) is 0 Å². The van der Waals surface area contributed by atoms with Gasteiger partial charge in [-0.2, -0.15) is 0 Å². The van der Waals surface area contributed by atoms with E-state index in [4.69, 9.17) is 44.9 Å². The SMILES string of the molecule is COc1cc2c(cc1NC(=S)Nc1ccc(Cl)cc1Cl)CCC(C(=O)OC(C)(C)C)C(=O)N2. The Balaban J connectivity index is 1.79. The normalized spacial score (nSPS) is 15.6. The number of ether oxygens (including phenoxy) is 2. The Bertz CT molecular complexity index is 1100. The average molecular weight is 510 g/mol. The molecule has 1 amide bonds. The summed E-state index contributed by atoms with van der Waals surface area (Å²) in [6.07, 6.45) is 0.808. The second-order valence-corrected chi connectivity index (χ2v) is 9.78. The van der Waals surface area contributed by atoms with Crippen LogP contribution < -0.4 is 20.7 Å². The van der Waals surface area contributed by atoms with Crippen LogP contribution in [0.2, 0.25) is 10.0 Å². The van der Waals surface area contributed by atoms with Crippen molar-refractivity contribution in [2.45, 2.75) is 39.2 Å². The van der Waals surface area contributed by atoms with Gasteiger partial charge in [0.15, 0.2) is 5.11 Å². The molecule has 2 aromatic rings. The molecule has 1 aliphatic heterocycles. The van der Waals surface area contributed by atoms with Crippen LogP contribution in [0, 0.1) is 5.92 Å². The highest BCUT2D eigenvalue weighted by Gasteiger charge is 2.34. The van der Waals surface area contributed by atoms with Crippen molar-refractivity contribution in [3.63, 3.8) is 0 Å². The highest BCUT2D eigenvalue weighted by Crippen LogP contribution is 2.35. The molecule has 0 saturated heterocycles. The largest absolute Gasteiger partial charge is 0.494 e. The van der Waals surface area contributed by atoms with Gasteiger partial charge in [0.1, 0.15) is 17.3 Å². The summed E-state index contributed by atoms with van der Waals surface area (Å²) in [7, 11) is 1.52. The Morgan fingerprint density at radius 3 is 2.48 bits per heavy atom. The minimum Gasteiger partial charge on any atom is -0.494 e. The fourth-order valence-corrected chi connectivity index (χ4v) is 4.01. The summed E-state index contributed by atoms with van der Waals surface area (Å²) in [5, 5.41) is 10.2. The van der Waals surface area contributed by atoms with Gasteiger partial charge in [0, 0.05) is 16.8 Å². The zero-order valence-corrected chi connectivity index (χ0v) is 21.0. The second kappa shape index (κ2) is 10.2. The van der Waals surface area contributed by atoms with E-state index >= 15 is 0 Å². The number of amides is 1. The molecule has 1 aliphatic rings. The zero-order valence-electron chi connectivity index (χ0n) is 18.7. The molecule has 10 heteroatoms. The molecule has 0 aromatic heterocycles. The Morgan fingerprint density at radius 1 is 1.15 bits per heavy atom. The van der Waals surface area contributed by atoms with Gasteiger partial charge in [0.25, 0.3) is 0 Å². The van der Waals surface area contributed by atoms with Gasteiger partial charge >= 0.3 is 5.97 Å². The van der Waals surface area contributed by atoms with Gasteiger partial charge in [0.05, 0.1) is 23.5 Å². The lowest BCUT2D eigenvalue weighted by molar-refractivity contribution is -0.161. The molecule has 7 nitrogen and oxygen atoms in total. The first-order chi connectivity index (χ1) is 15.5. The monoisotopic (exact) mass is 509 g/mol. The molecule has 176 valence electrons. The van der Waals surface area contributed by atoms with Gasteiger partial charge in [-0.3, -0.25) is 9.59 Å². The number of aryl methyl sites for hydroxylation is 1. The number of esters is 1. The van der Waals surface area contributed by atoms with Gasteiger partial charge in [-0.25, -0.2) is 0 Å². The van der Waals surface area contributed by atoms with E-state index in [2.05, 4.69) is 16.0 Å². The summed E-state index contributed by atoms with van der Waals surface area (Å²) in [5.41, 5.74) is 1.94. The molecular weight excluding hydrogens is 485 g/mol. The number of carbonyl (C=O) groups is 2. The van der Waals surface area contributed by atoms with Gasteiger partial charge in [-0.15, -0.1) is 0 Å². The predicted octanol–water partition coefficient (Wildman–Crippen LogP) is 5.65. The van der Waals surface area contributed by atoms with Crippen LogP contribution in [-0.2, 0) is 20.7 Å². The number of hydrogen-bond donors (Lipinski definition) is 3. The maximum Gasteiger partial charge on any atom is 0.319 e. The molecule has 33 heavy (non-hydrogen) atoms. The maximum atomic E-state index is 12.7. The molecule has 1 unspecified atom stereocenters. The lowest BCUT2D eigenvalue weighted by Crippen LogP contribution is -2.35. The second-order valence-electron chi connectivity index (χ2n) is 8.53. The van der Waals surface area contributed by atoms with Crippen molar-refractivity contribution in [2.24, 2.45) is 5.92 Å². The van der Waals surface area contributed by atoms with Gasteiger partial charge in [0.2, 0.25) is 5.91 Å². The van der Waals surface area contributed by atoms with E-state index in [9.17, 15) is 9.59 Å². The van der Waals surface area contributed by atoms with Crippen molar-refractivity contribution in [1.82, 2.24) is 0 Å². The highest BCUT2D eigenvalue weighted by atomic mass is 35.5. The smallest absolute Gasteiger partial charge is 0.319 e. The number of thiocarbonyl (C=S) groups is 1. The van der Waals surface area contributed by atoms with Crippen molar-refractivity contribution >= 4 is 69.5 Å². The van der Waals surface area contributed by atoms with E-state index in [1.54, 1.807) is 45.0 Å². The summed E-state index contributed by atoms with van der Waals surface area (Å²) in [6.45, 7) is 5.31. The molecule has 0 bridgehead atoms. The Kier molecular flexibility index (Phi) is 7.72. The van der Waals surface area contributed by atoms with Crippen molar-refractivity contribution < 1.29 is 19.1 Å². The summed E-state index contributed by atoms with van der Waals surface area (Å²) < 4.78 is 10.9. The highest BCUT2D eigenvalue weighted by molar-refractivity contribution is 7.80. The molecular formula is C23H25Cl2N3O4S. The van der Waals surface area contributed by atoms with E-state index in [0.29, 0.717) is 50.8 Å². The zero-order chi connectivity index (χ0) is 24.3. The van der Waals surface area contributed by atoms with Crippen LogP contribution in [0.15, 0.2) is 30.3 Å². The number of halogens is 2. The maximum absolute atomic E-state index is 12.7. The van der Waals surface area contributed by atoms with E-state index in [-0.39, 0.29) is 0 Å². The molecule has 0 spiro atoms. The van der Waals surface area contributed by atoms with Crippen LogP contribution in [0.5, 0.6) is 5.75 Å². The molecule has 2 aromatic carbocycles. The Labute approximate surface area is 208 Å². The van der Waals surface area contributed by atoms with Crippen molar-refractivity contribution in [1.29, 1.82) is 0 Å². The third-order valence-electron chi connectivity index (χ3n) is 4.82. The van der Waals surface area contributed by atoms with Crippen molar-refractivity contribution in [2.75, 3.05) is 23.1 Å². The molecule has 3 rings (SSSR count). The van der Waals surface area contributed by atoms with E-state index < -0.39 is 23.4 Å². The summed E-state index contributed by atoms with van der Waals surface area (Å²) in [5.74, 6) is -1.37. The van der Waals surface area contributed by atoms with Crippen LogP contribution in [0.4, 0.5) is 17.1 Å². The number of fused-ring (bicyclic) bond motifs is 1. The topological polar surface area (TPSA) is 88.7 Å². The van der Waals surface area contributed by atoms with Crippen LogP contribution in [0.3, 0.4) is 0 Å².